The summed E-state index contributed by atoms with van der Waals surface area (Å²) in [6.45, 7) is 3.61. The summed E-state index contributed by atoms with van der Waals surface area (Å²) in [6, 6.07) is 15.5. The molecule has 0 unspecified atom stereocenters. The highest BCUT2D eigenvalue weighted by atomic mass is 16.5. The van der Waals surface area contributed by atoms with Gasteiger partial charge in [0.05, 0.1) is 5.60 Å². The zero-order chi connectivity index (χ0) is 25.3. The van der Waals surface area contributed by atoms with Gasteiger partial charge in [-0.25, -0.2) is 5.48 Å². The summed E-state index contributed by atoms with van der Waals surface area (Å²) in [6.07, 6.45) is 1.72. The van der Waals surface area contributed by atoms with Crippen molar-refractivity contribution in [1.82, 2.24) is 20.3 Å². The maximum Gasteiger partial charge on any atom is 0.274 e. The van der Waals surface area contributed by atoms with Gasteiger partial charge in [0.15, 0.2) is 0 Å². The van der Waals surface area contributed by atoms with E-state index in [1.807, 2.05) is 24.3 Å². The number of H-pyrrole nitrogens is 1. The summed E-state index contributed by atoms with van der Waals surface area (Å²) < 4.78 is 1.46. The molecule has 0 aliphatic carbocycles. The van der Waals surface area contributed by atoms with Crippen LogP contribution < -0.4 is 16.4 Å². The van der Waals surface area contributed by atoms with Crippen LogP contribution in [0.5, 0.6) is 0 Å². The fourth-order valence-electron chi connectivity index (χ4n) is 3.87. The fraction of sp³-hybridized carbons (Fsp3) is 0.192. The Morgan fingerprint density at radius 1 is 1.06 bits per heavy atom. The molecule has 4 rings (SSSR count). The minimum Gasteiger partial charge on any atom is -0.386 e. The summed E-state index contributed by atoms with van der Waals surface area (Å²) in [5.74, 6) is -1.01. The molecule has 0 radical (unpaired) electrons. The molecule has 0 bridgehead atoms. The molecule has 2 aromatic heterocycles. The maximum atomic E-state index is 12.9. The summed E-state index contributed by atoms with van der Waals surface area (Å²) in [5, 5.41) is 22.5. The lowest BCUT2D eigenvalue weighted by atomic mass is 9.94. The summed E-state index contributed by atoms with van der Waals surface area (Å²) in [5.41, 5.74) is 4.15. The molecule has 0 saturated heterocycles. The van der Waals surface area contributed by atoms with Crippen LogP contribution in [0, 0.1) is 0 Å². The van der Waals surface area contributed by atoms with Crippen LogP contribution >= 0.6 is 0 Å². The van der Waals surface area contributed by atoms with Gasteiger partial charge in [-0.2, -0.15) is 0 Å². The number of rotatable bonds is 6. The molecule has 9 nitrogen and oxygen atoms in total. The first-order valence-corrected chi connectivity index (χ1v) is 11.0. The van der Waals surface area contributed by atoms with Gasteiger partial charge in [0.1, 0.15) is 11.2 Å². The van der Waals surface area contributed by atoms with Crippen molar-refractivity contribution in [3.63, 3.8) is 0 Å². The van der Waals surface area contributed by atoms with Gasteiger partial charge in [-0.05, 0) is 54.8 Å². The lowest BCUT2D eigenvalue weighted by Gasteiger charge is -2.19. The van der Waals surface area contributed by atoms with E-state index in [0.29, 0.717) is 10.9 Å². The van der Waals surface area contributed by atoms with Gasteiger partial charge >= 0.3 is 0 Å². The molecule has 180 valence electrons. The van der Waals surface area contributed by atoms with E-state index in [1.165, 1.54) is 16.7 Å². The Hall–Kier alpha value is -4.21. The Kier molecular flexibility index (Phi) is 6.29. The number of aliphatic hydroxyl groups is 1. The number of carbonyl (C=O) groups excluding carboxylic acids is 2. The number of benzene rings is 2. The quantitative estimate of drug-likeness (QED) is 0.216. The number of hydroxylamine groups is 1. The fourth-order valence-corrected chi connectivity index (χ4v) is 3.87. The molecule has 4 aromatic rings. The zero-order valence-corrected chi connectivity index (χ0v) is 19.5. The lowest BCUT2D eigenvalue weighted by Crippen LogP contribution is -2.23. The van der Waals surface area contributed by atoms with Crippen LogP contribution in [0.25, 0.3) is 22.0 Å². The van der Waals surface area contributed by atoms with E-state index in [1.54, 1.807) is 50.8 Å². The number of carbonyl (C=O) groups is 2. The molecular weight excluding hydrogens is 448 g/mol. The van der Waals surface area contributed by atoms with Crippen molar-refractivity contribution in [2.75, 3.05) is 0 Å². The minimum absolute atomic E-state index is 0.202. The second kappa shape index (κ2) is 9.21. The van der Waals surface area contributed by atoms with E-state index in [4.69, 9.17) is 5.21 Å². The molecule has 5 N–H and O–H groups in total. The highest BCUT2D eigenvalue weighted by Gasteiger charge is 2.19. The predicted molar refractivity (Wildman–Crippen MR) is 131 cm³/mol. The number of aromatic amines is 1. The van der Waals surface area contributed by atoms with Gasteiger partial charge in [0.2, 0.25) is 0 Å². The Balaban J connectivity index is 1.64. The van der Waals surface area contributed by atoms with Gasteiger partial charge in [-0.15, -0.1) is 0 Å². The van der Waals surface area contributed by atoms with Crippen LogP contribution in [0.15, 0.2) is 65.6 Å². The number of hydrogen-bond donors (Lipinski definition) is 5. The highest BCUT2D eigenvalue weighted by molar-refractivity contribution is 6.02. The van der Waals surface area contributed by atoms with Crippen LogP contribution in [0.4, 0.5) is 0 Å². The zero-order valence-electron chi connectivity index (χ0n) is 19.5. The van der Waals surface area contributed by atoms with Gasteiger partial charge < -0.3 is 20.0 Å². The van der Waals surface area contributed by atoms with Crippen molar-refractivity contribution in [3.8, 4) is 11.1 Å². The SMILES string of the molecule is Cn1cc(-c2cccc(C(C)(C)O)c2)c2cc(C(=O)NCc3ccc(C(=O)NO)cc3)[nH]c2c1=O. The number of aryl methyl sites for hydroxylation is 1. The highest BCUT2D eigenvalue weighted by Crippen LogP contribution is 2.30. The molecule has 0 aliphatic heterocycles. The normalized spacial score (nSPS) is 11.5. The van der Waals surface area contributed by atoms with Gasteiger partial charge in [-0.1, -0.05) is 30.3 Å². The van der Waals surface area contributed by atoms with Gasteiger partial charge in [0.25, 0.3) is 17.4 Å². The number of nitrogens with zero attached hydrogens (tertiary/aromatic N) is 1. The topological polar surface area (TPSA) is 136 Å². The molecule has 0 aliphatic rings. The van der Waals surface area contributed by atoms with Crippen molar-refractivity contribution in [1.29, 1.82) is 0 Å². The smallest absolute Gasteiger partial charge is 0.274 e. The van der Waals surface area contributed by atoms with Crippen molar-refractivity contribution >= 4 is 22.7 Å². The second-order valence-corrected chi connectivity index (χ2v) is 8.89. The Labute approximate surface area is 201 Å². The summed E-state index contributed by atoms with van der Waals surface area (Å²) in [4.78, 5) is 40.0. The molecule has 0 atom stereocenters. The Bertz CT molecular complexity index is 1480. The molecule has 35 heavy (non-hydrogen) atoms. The van der Waals surface area contributed by atoms with Crippen molar-refractivity contribution in [2.45, 2.75) is 26.0 Å². The van der Waals surface area contributed by atoms with Crippen LogP contribution in [0.3, 0.4) is 0 Å². The summed E-state index contributed by atoms with van der Waals surface area (Å²) >= 11 is 0. The van der Waals surface area contributed by atoms with E-state index in [2.05, 4.69) is 10.3 Å². The molecule has 2 amide bonds. The molecule has 0 spiro atoms. The first kappa shape index (κ1) is 23.9. The Morgan fingerprint density at radius 3 is 2.43 bits per heavy atom. The van der Waals surface area contributed by atoms with E-state index >= 15 is 0 Å². The van der Waals surface area contributed by atoms with E-state index in [-0.39, 0.29) is 23.4 Å². The average molecular weight is 475 g/mol. The van der Waals surface area contributed by atoms with Crippen molar-refractivity contribution < 1.29 is 19.9 Å². The first-order valence-electron chi connectivity index (χ1n) is 11.0. The number of aromatic nitrogens is 2. The van der Waals surface area contributed by atoms with E-state index < -0.39 is 17.4 Å². The van der Waals surface area contributed by atoms with Gasteiger partial charge in [0, 0.05) is 36.3 Å². The third-order valence-electron chi connectivity index (χ3n) is 5.86. The van der Waals surface area contributed by atoms with Gasteiger partial charge in [-0.3, -0.25) is 19.6 Å². The molecule has 9 heteroatoms. The molecule has 2 aromatic carbocycles. The number of hydrogen-bond acceptors (Lipinski definition) is 5. The van der Waals surface area contributed by atoms with Crippen molar-refractivity contribution in [3.05, 3.63) is 93.5 Å². The molecule has 2 heterocycles. The number of fused-ring (bicyclic) bond motifs is 1. The summed E-state index contributed by atoms with van der Waals surface area (Å²) in [7, 11) is 1.65. The van der Waals surface area contributed by atoms with E-state index in [0.717, 1.165) is 22.3 Å². The van der Waals surface area contributed by atoms with Crippen molar-refractivity contribution in [2.24, 2.45) is 7.05 Å². The van der Waals surface area contributed by atoms with Crippen LogP contribution in [-0.2, 0) is 19.2 Å². The molecule has 0 saturated carbocycles. The molecule has 0 fully saturated rings. The Morgan fingerprint density at radius 2 is 1.77 bits per heavy atom. The average Bonchev–Trinajstić information content (AvgIpc) is 3.30. The van der Waals surface area contributed by atoms with Crippen LogP contribution in [0.1, 0.15) is 45.8 Å². The maximum absolute atomic E-state index is 12.9. The first-order chi connectivity index (χ1) is 16.6. The lowest BCUT2D eigenvalue weighted by molar-refractivity contribution is 0.0706. The third-order valence-corrected chi connectivity index (χ3v) is 5.86. The van der Waals surface area contributed by atoms with E-state index in [9.17, 15) is 19.5 Å². The third kappa shape index (κ3) is 4.86. The molecular formula is C26H26N4O5. The largest absolute Gasteiger partial charge is 0.386 e. The van der Waals surface area contributed by atoms with Crippen LogP contribution in [-0.4, -0.2) is 31.7 Å². The monoisotopic (exact) mass is 474 g/mol. The number of pyridine rings is 1. The van der Waals surface area contributed by atoms with Crippen LogP contribution in [0.2, 0.25) is 0 Å². The standard InChI is InChI=1S/C26H26N4O5/c1-26(2,34)18-6-4-5-17(11-18)20-14-30(3)25(33)22-19(20)12-21(28-22)24(32)27-13-15-7-9-16(10-8-15)23(31)29-35/h4-12,14,28,34-35H,13H2,1-3H3,(H,27,32)(H,29,31). The second-order valence-electron chi connectivity index (χ2n) is 8.89. The minimum atomic E-state index is -1.03. The number of amides is 2. The number of nitrogens with one attached hydrogen (secondary N) is 3. The predicted octanol–water partition coefficient (Wildman–Crippen LogP) is 2.81.